The van der Waals surface area contributed by atoms with Crippen molar-refractivity contribution < 1.29 is 0 Å². The van der Waals surface area contributed by atoms with Crippen molar-refractivity contribution >= 4 is 11.6 Å². The van der Waals surface area contributed by atoms with E-state index in [-0.39, 0.29) is 0 Å². The van der Waals surface area contributed by atoms with Crippen molar-refractivity contribution in [1.29, 1.82) is 0 Å². The summed E-state index contributed by atoms with van der Waals surface area (Å²) in [4.78, 5) is 2.54. The van der Waals surface area contributed by atoms with Crippen LogP contribution in [-0.4, -0.2) is 31.1 Å². The highest BCUT2D eigenvalue weighted by Crippen LogP contribution is 2.33. The third kappa shape index (κ3) is 3.01. The van der Waals surface area contributed by atoms with Gasteiger partial charge in [-0.15, -0.1) is 0 Å². The maximum Gasteiger partial charge on any atom is 0.0453 e. The van der Waals surface area contributed by atoms with E-state index in [0.29, 0.717) is 12.0 Å². The quantitative estimate of drug-likeness (QED) is 0.890. The molecule has 1 fully saturated rings. The van der Waals surface area contributed by atoms with Gasteiger partial charge in [-0.2, -0.15) is 0 Å². The van der Waals surface area contributed by atoms with Crippen LogP contribution in [0.3, 0.4) is 0 Å². The van der Waals surface area contributed by atoms with Crippen LogP contribution in [0.15, 0.2) is 24.3 Å². The van der Waals surface area contributed by atoms with Crippen molar-refractivity contribution in [3.63, 3.8) is 0 Å². The van der Waals surface area contributed by atoms with Crippen LogP contribution in [0.1, 0.15) is 25.5 Å². The molecule has 94 valence electrons. The molecule has 1 atom stereocenters. The summed E-state index contributed by atoms with van der Waals surface area (Å²) in [5.41, 5.74) is 1.27. The Morgan fingerprint density at radius 1 is 1.18 bits per heavy atom. The summed E-state index contributed by atoms with van der Waals surface area (Å²) in [5.74, 6) is 0.577. The molecule has 1 aliphatic rings. The molecule has 3 heteroatoms. The zero-order valence-corrected chi connectivity index (χ0v) is 11.4. The van der Waals surface area contributed by atoms with Crippen LogP contribution in [0.5, 0.6) is 0 Å². The third-order valence-electron chi connectivity index (χ3n) is 3.40. The molecule has 0 radical (unpaired) electrons. The standard InChI is InChI=1S/C14H21ClN2/c1-11(2)14(17-9-7-16-8-10-17)12-5-3-4-6-13(12)15/h3-6,11,14,16H,7-10H2,1-2H3. The van der Waals surface area contributed by atoms with Gasteiger partial charge in [0.1, 0.15) is 0 Å². The van der Waals surface area contributed by atoms with E-state index in [2.05, 4.69) is 36.2 Å². The minimum atomic E-state index is 0.436. The molecule has 0 amide bonds. The van der Waals surface area contributed by atoms with Crippen molar-refractivity contribution in [1.82, 2.24) is 10.2 Å². The van der Waals surface area contributed by atoms with E-state index in [0.717, 1.165) is 31.2 Å². The second-order valence-electron chi connectivity index (χ2n) is 5.00. The normalized spacial score (nSPS) is 19.5. The fourth-order valence-corrected chi connectivity index (χ4v) is 2.90. The number of nitrogens with zero attached hydrogens (tertiary/aromatic N) is 1. The highest BCUT2D eigenvalue weighted by Gasteiger charge is 2.26. The van der Waals surface area contributed by atoms with E-state index in [1.165, 1.54) is 5.56 Å². The predicted octanol–water partition coefficient (Wildman–Crippen LogP) is 2.94. The van der Waals surface area contributed by atoms with Gasteiger partial charge in [0, 0.05) is 37.2 Å². The lowest BCUT2D eigenvalue weighted by molar-refractivity contribution is 0.137. The molecule has 0 saturated carbocycles. The Morgan fingerprint density at radius 2 is 1.82 bits per heavy atom. The van der Waals surface area contributed by atoms with Crippen LogP contribution in [-0.2, 0) is 0 Å². The second kappa shape index (κ2) is 5.85. The van der Waals surface area contributed by atoms with Crippen molar-refractivity contribution in [3.8, 4) is 0 Å². The Labute approximate surface area is 109 Å². The van der Waals surface area contributed by atoms with Gasteiger partial charge in [0.15, 0.2) is 0 Å². The monoisotopic (exact) mass is 252 g/mol. The van der Waals surface area contributed by atoms with Gasteiger partial charge in [0.05, 0.1) is 0 Å². The van der Waals surface area contributed by atoms with Crippen molar-refractivity contribution in [2.75, 3.05) is 26.2 Å². The van der Waals surface area contributed by atoms with E-state index >= 15 is 0 Å². The lowest BCUT2D eigenvalue weighted by Gasteiger charge is -2.38. The van der Waals surface area contributed by atoms with E-state index in [4.69, 9.17) is 11.6 Å². The smallest absolute Gasteiger partial charge is 0.0453 e. The summed E-state index contributed by atoms with van der Waals surface area (Å²) in [6.07, 6.45) is 0. The zero-order valence-electron chi connectivity index (χ0n) is 10.6. The topological polar surface area (TPSA) is 15.3 Å². The SMILES string of the molecule is CC(C)C(c1ccccc1Cl)N1CCNCC1. The maximum absolute atomic E-state index is 6.34. The molecule has 0 spiro atoms. The first-order valence-corrected chi connectivity index (χ1v) is 6.77. The Balaban J connectivity index is 2.25. The number of halogens is 1. The Morgan fingerprint density at radius 3 is 2.41 bits per heavy atom. The fraction of sp³-hybridized carbons (Fsp3) is 0.571. The van der Waals surface area contributed by atoms with Crippen molar-refractivity contribution in [3.05, 3.63) is 34.9 Å². The van der Waals surface area contributed by atoms with Gasteiger partial charge in [0.2, 0.25) is 0 Å². The highest BCUT2D eigenvalue weighted by molar-refractivity contribution is 6.31. The number of rotatable bonds is 3. The second-order valence-corrected chi connectivity index (χ2v) is 5.40. The fourth-order valence-electron chi connectivity index (χ4n) is 2.65. The van der Waals surface area contributed by atoms with Gasteiger partial charge in [-0.3, -0.25) is 4.90 Å². The van der Waals surface area contributed by atoms with E-state index < -0.39 is 0 Å². The van der Waals surface area contributed by atoms with Crippen LogP contribution in [0.2, 0.25) is 5.02 Å². The number of nitrogens with one attached hydrogen (secondary N) is 1. The van der Waals surface area contributed by atoms with E-state index in [1.54, 1.807) is 0 Å². The maximum atomic E-state index is 6.34. The summed E-state index contributed by atoms with van der Waals surface area (Å²) in [7, 11) is 0. The average Bonchev–Trinajstić information content (AvgIpc) is 2.33. The number of benzene rings is 1. The van der Waals surface area contributed by atoms with Crippen molar-refractivity contribution in [2.24, 2.45) is 5.92 Å². The Bertz CT molecular complexity index is 359. The van der Waals surface area contributed by atoms with E-state index in [1.807, 2.05) is 12.1 Å². The highest BCUT2D eigenvalue weighted by atomic mass is 35.5. The molecular weight excluding hydrogens is 232 g/mol. The molecule has 1 saturated heterocycles. The molecule has 1 aliphatic heterocycles. The number of hydrogen-bond donors (Lipinski definition) is 1. The van der Waals surface area contributed by atoms with Crippen LogP contribution in [0.25, 0.3) is 0 Å². The molecule has 1 unspecified atom stereocenters. The molecule has 1 heterocycles. The van der Waals surface area contributed by atoms with Crippen LogP contribution < -0.4 is 5.32 Å². The Kier molecular flexibility index (Phi) is 4.43. The average molecular weight is 253 g/mol. The molecule has 2 nitrogen and oxygen atoms in total. The van der Waals surface area contributed by atoms with Crippen LogP contribution >= 0.6 is 11.6 Å². The molecule has 1 aromatic rings. The van der Waals surface area contributed by atoms with Gasteiger partial charge in [0.25, 0.3) is 0 Å². The molecule has 1 N–H and O–H groups in total. The number of hydrogen-bond acceptors (Lipinski definition) is 2. The van der Waals surface area contributed by atoms with E-state index in [9.17, 15) is 0 Å². The lowest BCUT2D eigenvalue weighted by atomic mass is 9.94. The molecule has 0 bridgehead atoms. The minimum absolute atomic E-state index is 0.436. The summed E-state index contributed by atoms with van der Waals surface area (Å²) < 4.78 is 0. The summed E-state index contributed by atoms with van der Waals surface area (Å²) in [5, 5.41) is 4.29. The Hall–Kier alpha value is -0.570. The summed E-state index contributed by atoms with van der Waals surface area (Å²) in [6.45, 7) is 8.91. The zero-order chi connectivity index (χ0) is 12.3. The molecule has 0 aliphatic carbocycles. The molecule has 17 heavy (non-hydrogen) atoms. The summed E-state index contributed by atoms with van der Waals surface area (Å²) >= 11 is 6.34. The van der Waals surface area contributed by atoms with Crippen LogP contribution in [0, 0.1) is 5.92 Å². The van der Waals surface area contributed by atoms with Gasteiger partial charge in [-0.25, -0.2) is 0 Å². The largest absolute Gasteiger partial charge is 0.314 e. The minimum Gasteiger partial charge on any atom is -0.314 e. The van der Waals surface area contributed by atoms with Gasteiger partial charge >= 0.3 is 0 Å². The first-order chi connectivity index (χ1) is 8.20. The first-order valence-electron chi connectivity index (χ1n) is 6.39. The molecule has 0 aromatic heterocycles. The molecule has 2 rings (SSSR count). The summed E-state index contributed by atoms with van der Waals surface area (Å²) in [6, 6.07) is 8.68. The molecular formula is C14H21ClN2. The van der Waals surface area contributed by atoms with Crippen molar-refractivity contribution in [2.45, 2.75) is 19.9 Å². The molecule has 1 aromatic carbocycles. The van der Waals surface area contributed by atoms with Gasteiger partial charge in [-0.05, 0) is 17.5 Å². The predicted molar refractivity (Wildman–Crippen MR) is 73.5 cm³/mol. The lowest BCUT2D eigenvalue weighted by Crippen LogP contribution is -2.46. The van der Waals surface area contributed by atoms with Gasteiger partial charge in [-0.1, -0.05) is 43.6 Å². The number of piperazine rings is 1. The van der Waals surface area contributed by atoms with Gasteiger partial charge < -0.3 is 5.32 Å². The van der Waals surface area contributed by atoms with Crippen LogP contribution in [0.4, 0.5) is 0 Å². The third-order valence-corrected chi connectivity index (χ3v) is 3.74. The first kappa shape index (κ1) is 12.9.